The highest BCUT2D eigenvalue weighted by Crippen LogP contribution is 2.45. The molecule has 1 aliphatic carbocycles. The molecule has 4 nitrogen and oxygen atoms in total. The second kappa shape index (κ2) is 6.17. The number of aromatic nitrogens is 2. The Morgan fingerprint density at radius 3 is 2.90 bits per heavy atom. The average molecular weight is 279 g/mol. The molecule has 0 aliphatic heterocycles. The minimum Gasteiger partial charge on any atom is -0.493 e. The van der Waals surface area contributed by atoms with Crippen molar-refractivity contribution in [2.24, 2.45) is 0 Å². The van der Waals surface area contributed by atoms with Gasteiger partial charge in [-0.15, -0.1) is 0 Å². The fourth-order valence-corrected chi connectivity index (χ4v) is 3.44. The quantitative estimate of drug-likeness (QED) is 0.868. The van der Waals surface area contributed by atoms with Crippen molar-refractivity contribution in [1.29, 1.82) is 0 Å². The van der Waals surface area contributed by atoms with Crippen LogP contribution in [0.2, 0.25) is 0 Å². The summed E-state index contributed by atoms with van der Waals surface area (Å²) < 4.78 is 7.71. The molecular formula is C16H29N3O. The second-order valence-electron chi connectivity index (χ2n) is 6.55. The first kappa shape index (κ1) is 15.4. The lowest BCUT2D eigenvalue weighted by molar-refractivity contribution is 0.354. The fourth-order valence-electron chi connectivity index (χ4n) is 3.44. The molecule has 1 fully saturated rings. The van der Waals surface area contributed by atoms with Gasteiger partial charge in [-0.1, -0.05) is 13.8 Å². The van der Waals surface area contributed by atoms with E-state index in [1.54, 1.807) is 7.11 Å². The first-order valence-corrected chi connectivity index (χ1v) is 7.87. The monoisotopic (exact) mass is 279 g/mol. The van der Waals surface area contributed by atoms with Gasteiger partial charge in [-0.25, -0.2) is 0 Å². The van der Waals surface area contributed by atoms with E-state index in [1.807, 2.05) is 6.20 Å². The highest BCUT2D eigenvalue weighted by Gasteiger charge is 2.41. The van der Waals surface area contributed by atoms with Crippen molar-refractivity contribution < 1.29 is 4.74 Å². The zero-order valence-corrected chi connectivity index (χ0v) is 13.6. The van der Waals surface area contributed by atoms with E-state index in [-0.39, 0.29) is 5.41 Å². The van der Waals surface area contributed by atoms with Crippen LogP contribution >= 0.6 is 0 Å². The van der Waals surface area contributed by atoms with Gasteiger partial charge in [0.25, 0.3) is 0 Å². The first-order chi connectivity index (χ1) is 9.51. The average Bonchev–Trinajstić information content (AvgIpc) is 3.00. The molecule has 1 aromatic heterocycles. The normalized spacial score (nSPS) is 26.4. The highest BCUT2D eigenvalue weighted by molar-refractivity contribution is 5.34. The standard InChI is InChI=1S/C16H29N3O/c1-6-9-17-13-7-8-16(4,10-13)15-14(20-5)11-18-19(15)12(2)3/h11-13,17H,6-10H2,1-5H3. The minimum absolute atomic E-state index is 0.164. The molecule has 2 unspecified atom stereocenters. The van der Waals surface area contributed by atoms with Crippen LogP contribution in [0, 0.1) is 0 Å². The van der Waals surface area contributed by atoms with E-state index in [9.17, 15) is 0 Å². The van der Waals surface area contributed by atoms with Gasteiger partial charge in [0.2, 0.25) is 0 Å². The number of nitrogens with one attached hydrogen (secondary N) is 1. The maximum Gasteiger partial charge on any atom is 0.160 e. The lowest BCUT2D eigenvalue weighted by Crippen LogP contribution is -2.31. The Labute approximate surface area is 122 Å². The first-order valence-electron chi connectivity index (χ1n) is 7.87. The van der Waals surface area contributed by atoms with Gasteiger partial charge in [0.15, 0.2) is 5.75 Å². The molecular weight excluding hydrogens is 250 g/mol. The number of rotatable bonds is 6. The van der Waals surface area contributed by atoms with Crippen molar-refractivity contribution in [3.63, 3.8) is 0 Å². The molecule has 1 saturated carbocycles. The fraction of sp³-hybridized carbons (Fsp3) is 0.812. The Balaban J connectivity index is 2.24. The molecule has 2 rings (SSSR count). The van der Waals surface area contributed by atoms with Crippen LogP contribution in [0.4, 0.5) is 0 Å². The summed E-state index contributed by atoms with van der Waals surface area (Å²) in [5, 5.41) is 8.20. The van der Waals surface area contributed by atoms with Crippen LogP contribution in [0.1, 0.15) is 65.1 Å². The Hall–Kier alpha value is -1.03. The third-order valence-corrected chi connectivity index (χ3v) is 4.47. The molecule has 2 atom stereocenters. The maximum absolute atomic E-state index is 5.57. The Bertz CT molecular complexity index is 441. The summed E-state index contributed by atoms with van der Waals surface area (Å²) in [6.07, 6.45) is 6.67. The molecule has 0 aromatic carbocycles. The lowest BCUT2D eigenvalue weighted by atomic mass is 9.84. The molecule has 1 heterocycles. The van der Waals surface area contributed by atoms with Crippen molar-refractivity contribution in [3.05, 3.63) is 11.9 Å². The molecule has 0 amide bonds. The van der Waals surface area contributed by atoms with Crippen LogP contribution in [0.25, 0.3) is 0 Å². The van der Waals surface area contributed by atoms with Crippen LogP contribution in [-0.2, 0) is 5.41 Å². The van der Waals surface area contributed by atoms with E-state index in [0.717, 1.165) is 12.3 Å². The van der Waals surface area contributed by atoms with E-state index < -0.39 is 0 Å². The molecule has 4 heteroatoms. The summed E-state index contributed by atoms with van der Waals surface area (Å²) in [5.41, 5.74) is 1.44. The van der Waals surface area contributed by atoms with E-state index in [4.69, 9.17) is 4.74 Å². The second-order valence-corrected chi connectivity index (χ2v) is 6.55. The van der Waals surface area contributed by atoms with Crippen LogP contribution in [-0.4, -0.2) is 29.5 Å². The number of methoxy groups -OCH3 is 1. The molecule has 0 radical (unpaired) electrons. The molecule has 114 valence electrons. The number of hydrogen-bond donors (Lipinski definition) is 1. The van der Waals surface area contributed by atoms with Crippen molar-refractivity contribution in [2.45, 2.75) is 70.9 Å². The predicted molar refractivity (Wildman–Crippen MR) is 82.4 cm³/mol. The highest BCUT2D eigenvalue weighted by atomic mass is 16.5. The molecule has 0 spiro atoms. The SMILES string of the molecule is CCCNC1CCC(C)(c2c(OC)cnn2C(C)C)C1. The largest absolute Gasteiger partial charge is 0.493 e. The lowest BCUT2D eigenvalue weighted by Gasteiger charge is -2.28. The Kier molecular flexibility index (Phi) is 4.74. The number of nitrogens with zero attached hydrogens (tertiary/aromatic N) is 2. The zero-order valence-electron chi connectivity index (χ0n) is 13.6. The summed E-state index contributed by atoms with van der Waals surface area (Å²) in [5.74, 6) is 0.942. The van der Waals surface area contributed by atoms with Gasteiger partial charge in [0, 0.05) is 17.5 Å². The third-order valence-electron chi connectivity index (χ3n) is 4.47. The predicted octanol–water partition coefficient (Wildman–Crippen LogP) is 3.28. The summed E-state index contributed by atoms with van der Waals surface area (Å²) in [6, 6.07) is 0.994. The van der Waals surface area contributed by atoms with Gasteiger partial charge < -0.3 is 10.1 Å². The van der Waals surface area contributed by atoms with E-state index >= 15 is 0 Å². The van der Waals surface area contributed by atoms with Gasteiger partial charge in [-0.2, -0.15) is 5.10 Å². The van der Waals surface area contributed by atoms with E-state index in [2.05, 4.69) is 42.8 Å². The van der Waals surface area contributed by atoms with E-state index in [1.165, 1.54) is 31.4 Å². The zero-order chi connectivity index (χ0) is 14.8. The molecule has 20 heavy (non-hydrogen) atoms. The van der Waals surface area contributed by atoms with Crippen LogP contribution < -0.4 is 10.1 Å². The Morgan fingerprint density at radius 1 is 1.55 bits per heavy atom. The summed E-state index contributed by atoms with van der Waals surface area (Å²) >= 11 is 0. The summed E-state index contributed by atoms with van der Waals surface area (Å²) in [7, 11) is 1.75. The molecule has 1 N–H and O–H groups in total. The van der Waals surface area contributed by atoms with Crippen molar-refractivity contribution in [2.75, 3.05) is 13.7 Å². The molecule has 1 aromatic rings. The summed E-state index contributed by atoms with van der Waals surface area (Å²) in [4.78, 5) is 0. The molecule has 1 aliphatic rings. The van der Waals surface area contributed by atoms with Crippen LogP contribution in [0.3, 0.4) is 0 Å². The van der Waals surface area contributed by atoms with Gasteiger partial charge >= 0.3 is 0 Å². The van der Waals surface area contributed by atoms with Crippen molar-refractivity contribution in [1.82, 2.24) is 15.1 Å². The van der Waals surface area contributed by atoms with Gasteiger partial charge in [-0.3, -0.25) is 4.68 Å². The van der Waals surface area contributed by atoms with Crippen LogP contribution in [0.15, 0.2) is 6.20 Å². The molecule has 0 bridgehead atoms. The van der Waals surface area contributed by atoms with Crippen molar-refractivity contribution in [3.8, 4) is 5.75 Å². The van der Waals surface area contributed by atoms with Gasteiger partial charge in [0.05, 0.1) is 19.0 Å². The third kappa shape index (κ3) is 2.85. The van der Waals surface area contributed by atoms with Gasteiger partial charge in [0.1, 0.15) is 0 Å². The number of hydrogen-bond acceptors (Lipinski definition) is 3. The molecule has 0 saturated heterocycles. The smallest absolute Gasteiger partial charge is 0.160 e. The van der Waals surface area contributed by atoms with Crippen LogP contribution in [0.5, 0.6) is 5.75 Å². The summed E-state index contributed by atoms with van der Waals surface area (Å²) in [6.45, 7) is 10.1. The maximum atomic E-state index is 5.57. The van der Waals surface area contributed by atoms with Gasteiger partial charge in [-0.05, 0) is 46.1 Å². The topological polar surface area (TPSA) is 39.1 Å². The number of ether oxygens (including phenoxy) is 1. The minimum atomic E-state index is 0.164. The van der Waals surface area contributed by atoms with Crippen molar-refractivity contribution >= 4 is 0 Å². The van der Waals surface area contributed by atoms with E-state index in [0.29, 0.717) is 12.1 Å². The Morgan fingerprint density at radius 2 is 2.30 bits per heavy atom.